The van der Waals surface area contributed by atoms with Gasteiger partial charge in [0.1, 0.15) is 11.6 Å². The fourth-order valence-corrected chi connectivity index (χ4v) is 1.54. The van der Waals surface area contributed by atoms with E-state index in [2.05, 4.69) is 15.9 Å². The van der Waals surface area contributed by atoms with Crippen molar-refractivity contribution < 1.29 is 9.13 Å². The summed E-state index contributed by atoms with van der Waals surface area (Å²) in [5, 5.41) is 0. The van der Waals surface area contributed by atoms with E-state index in [0.29, 0.717) is 5.75 Å². The van der Waals surface area contributed by atoms with Crippen molar-refractivity contribution in [1.82, 2.24) is 0 Å². The number of hydrogen-bond donors (Lipinski definition) is 0. The van der Waals surface area contributed by atoms with Gasteiger partial charge in [-0.1, -0.05) is 35.8 Å². The zero-order valence-corrected chi connectivity index (χ0v) is 10.1. The van der Waals surface area contributed by atoms with Gasteiger partial charge in [0.15, 0.2) is 0 Å². The molecule has 0 aliphatic heterocycles. The van der Waals surface area contributed by atoms with Crippen molar-refractivity contribution in [1.29, 1.82) is 0 Å². The van der Waals surface area contributed by atoms with E-state index in [1.165, 1.54) is 13.2 Å². The van der Waals surface area contributed by atoms with Gasteiger partial charge in [-0.25, -0.2) is 4.39 Å². The van der Waals surface area contributed by atoms with E-state index in [9.17, 15) is 4.39 Å². The highest BCUT2D eigenvalue weighted by atomic mass is 79.9. The molecule has 0 amide bonds. The molecule has 14 heavy (non-hydrogen) atoms. The average molecular weight is 261 g/mol. The monoisotopic (exact) mass is 260 g/mol. The Hall–Kier alpha value is -0.570. The van der Waals surface area contributed by atoms with Crippen LogP contribution in [-0.2, 0) is 0 Å². The van der Waals surface area contributed by atoms with Crippen molar-refractivity contribution >= 4 is 15.9 Å². The summed E-state index contributed by atoms with van der Waals surface area (Å²) in [4.78, 5) is 0.255. The summed E-state index contributed by atoms with van der Waals surface area (Å²) >= 11 is 3.45. The Morgan fingerprint density at radius 2 is 2.00 bits per heavy atom. The summed E-state index contributed by atoms with van der Waals surface area (Å²) in [6.45, 7) is 4.00. The number of benzene rings is 1. The first-order valence-corrected chi connectivity index (χ1v) is 5.45. The third-order valence-electron chi connectivity index (χ3n) is 2.39. The topological polar surface area (TPSA) is 9.23 Å². The van der Waals surface area contributed by atoms with Crippen molar-refractivity contribution in [3.63, 3.8) is 0 Å². The minimum Gasteiger partial charge on any atom is -0.497 e. The first-order valence-electron chi connectivity index (χ1n) is 4.53. The van der Waals surface area contributed by atoms with Crippen LogP contribution >= 0.6 is 15.9 Å². The molecule has 1 nitrogen and oxygen atoms in total. The van der Waals surface area contributed by atoms with Crippen LogP contribution in [0.4, 0.5) is 4.39 Å². The largest absolute Gasteiger partial charge is 0.497 e. The first kappa shape index (κ1) is 11.5. The first-order chi connectivity index (χ1) is 6.56. The van der Waals surface area contributed by atoms with Gasteiger partial charge >= 0.3 is 0 Å². The Bertz CT molecular complexity index is 312. The summed E-state index contributed by atoms with van der Waals surface area (Å²) in [7, 11) is 1.53. The second-order valence-corrected chi connectivity index (χ2v) is 4.80. The predicted octanol–water partition coefficient (Wildman–Crippen LogP) is 3.72. The van der Waals surface area contributed by atoms with Crippen molar-refractivity contribution in [3.8, 4) is 5.75 Å². The Morgan fingerprint density at radius 1 is 1.36 bits per heavy atom. The highest BCUT2D eigenvalue weighted by Gasteiger charge is 2.15. The van der Waals surface area contributed by atoms with E-state index in [-0.39, 0.29) is 16.6 Å². The number of hydrogen-bond acceptors (Lipinski definition) is 1. The van der Waals surface area contributed by atoms with Crippen molar-refractivity contribution in [2.45, 2.75) is 24.6 Å². The quantitative estimate of drug-likeness (QED) is 0.753. The summed E-state index contributed by atoms with van der Waals surface area (Å²) in [6, 6.07) is 4.97. The Morgan fingerprint density at radius 3 is 2.43 bits per heavy atom. The Kier molecular flexibility index (Phi) is 3.93. The van der Waals surface area contributed by atoms with E-state index < -0.39 is 0 Å². The molecule has 78 valence electrons. The molecule has 0 bridgehead atoms. The van der Waals surface area contributed by atoms with E-state index in [1.807, 2.05) is 13.8 Å². The summed E-state index contributed by atoms with van der Waals surface area (Å²) in [5.41, 5.74) is 0.718. The molecular weight excluding hydrogens is 247 g/mol. The lowest BCUT2D eigenvalue weighted by molar-refractivity contribution is 0.410. The van der Waals surface area contributed by atoms with Gasteiger partial charge in [-0.15, -0.1) is 0 Å². The molecular formula is C11H14BrFO. The van der Waals surface area contributed by atoms with Crippen LogP contribution in [0.1, 0.15) is 25.3 Å². The van der Waals surface area contributed by atoms with Crippen LogP contribution in [0.15, 0.2) is 18.2 Å². The lowest BCUT2D eigenvalue weighted by Crippen LogP contribution is -2.06. The van der Waals surface area contributed by atoms with Gasteiger partial charge < -0.3 is 4.74 Å². The lowest BCUT2D eigenvalue weighted by Gasteiger charge is -2.15. The van der Waals surface area contributed by atoms with Crippen LogP contribution in [0.5, 0.6) is 5.75 Å². The molecule has 0 spiro atoms. The van der Waals surface area contributed by atoms with Crippen molar-refractivity contribution in [3.05, 3.63) is 29.6 Å². The third-order valence-corrected chi connectivity index (χ3v) is 3.18. The van der Waals surface area contributed by atoms with E-state index >= 15 is 0 Å². The van der Waals surface area contributed by atoms with Crippen LogP contribution in [-0.4, -0.2) is 11.9 Å². The normalized spacial score (nSPS) is 14.9. The van der Waals surface area contributed by atoms with Gasteiger partial charge in [0.2, 0.25) is 0 Å². The lowest BCUT2D eigenvalue weighted by atomic mass is 9.98. The van der Waals surface area contributed by atoms with Crippen molar-refractivity contribution in [2.75, 3.05) is 7.11 Å². The Labute approximate surface area is 92.4 Å². The highest BCUT2D eigenvalue weighted by Crippen LogP contribution is 2.28. The molecule has 1 aromatic carbocycles. The summed E-state index contributed by atoms with van der Waals surface area (Å²) in [5.74, 6) is 0.504. The fraction of sp³-hybridized carbons (Fsp3) is 0.455. The van der Waals surface area contributed by atoms with Gasteiger partial charge in [0.05, 0.1) is 7.11 Å². The van der Waals surface area contributed by atoms with E-state index in [1.54, 1.807) is 12.1 Å². The predicted molar refractivity (Wildman–Crippen MR) is 59.8 cm³/mol. The second-order valence-electron chi connectivity index (χ2n) is 3.35. The number of alkyl halides is 1. The minimum absolute atomic E-state index is 0.154. The molecule has 0 radical (unpaired) electrons. The molecule has 3 heteroatoms. The van der Waals surface area contributed by atoms with Gasteiger partial charge in [-0.05, 0) is 17.5 Å². The molecule has 1 aromatic rings. The van der Waals surface area contributed by atoms with E-state index in [0.717, 1.165) is 5.56 Å². The molecule has 0 aliphatic rings. The van der Waals surface area contributed by atoms with Gasteiger partial charge in [0, 0.05) is 10.9 Å². The molecule has 0 heterocycles. The maximum atomic E-state index is 13.5. The van der Waals surface area contributed by atoms with E-state index in [4.69, 9.17) is 4.74 Å². The van der Waals surface area contributed by atoms with Gasteiger partial charge in [-0.2, -0.15) is 0 Å². The molecule has 0 fully saturated rings. The minimum atomic E-state index is -0.205. The summed E-state index contributed by atoms with van der Waals surface area (Å²) in [6.07, 6.45) is 0. The zero-order chi connectivity index (χ0) is 10.7. The molecule has 2 unspecified atom stereocenters. The fourth-order valence-electron chi connectivity index (χ4n) is 1.25. The maximum Gasteiger partial charge on any atom is 0.130 e. The molecule has 0 saturated heterocycles. The zero-order valence-electron chi connectivity index (χ0n) is 8.55. The second kappa shape index (κ2) is 4.78. The molecule has 0 N–H and O–H groups in total. The number of rotatable bonds is 3. The molecule has 0 aliphatic carbocycles. The van der Waals surface area contributed by atoms with Crippen LogP contribution < -0.4 is 4.74 Å². The standard InChI is InChI=1S/C11H14BrFO/c1-7(8(2)12)10-5-4-9(14-3)6-11(10)13/h4-8H,1-3H3. The maximum absolute atomic E-state index is 13.5. The van der Waals surface area contributed by atoms with Crippen LogP contribution in [0.25, 0.3) is 0 Å². The van der Waals surface area contributed by atoms with Crippen LogP contribution in [0, 0.1) is 5.82 Å². The van der Waals surface area contributed by atoms with Crippen LogP contribution in [0.3, 0.4) is 0 Å². The van der Waals surface area contributed by atoms with Crippen LogP contribution in [0.2, 0.25) is 0 Å². The van der Waals surface area contributed by atoms with Gasteiger partial charge in [-0.3, -0.25) is 0 Å². The summed E-state index contributed by atoms with van der Waals surface area (Å²) < 4.78 is 18.5. The average Bonchev–Trinajstić information content (AvgIpc) is 2.16. The van der Waals surface area contributed by atoms with Crippen molar-refractivity contribution in [2.24, 2.45) is 0 Å². The third kappa shape index (κ3) is 2.47. The smallest absolute Gasteiger partial charge is 0.130 e. The number of ether oxygens (including phenoxy) is 1. The molecule has 1 rings (SSSR count). The Balaban J connectivity index is 2.99. The SMILES string of the molecule is COc1ccc(C(C)C(C)Br)c(F)c1. The van der Waals surface area contributed by atoms with Gasteiger partial charge in [0.25, 0.3) is 0 Å². The molecule has 2 atom stereocenters. The number of halogens is 2. The highest BCUT2D eigenvalue weighted by molar-refractivity contribution is 9.09. The molecule has 0 saturated carbocycles. The number of methoxy groups -OCH3 is 1. The molecule has 0 aromatic heterocycles.